The fraction of sp³-hybridized carbons (Fsp3) is 0.471. The molecule has 3 N–H and O–H groups in total. The Morgan fingerprint density at radius 1 is 1.29 bits per heavy atom. The molecule has 0 aliphatic carbocycles. The predicted octanol–water partition coefficient (Wildman–Crippen LogP) is 0.895. The van der Waals surface area contributed by atoms with Gasteiger partial charge >= 0.3 is 0 Å². The summed E-state index contributed by atoms with van der Waals surface area (Å²) < 4.78 is 42.2. The molecule has 0 saturated heterocycles. The summed E-state index contributed by atoms with van der Waals surface area (Å²) >= 11 is 0. The maximum Gasteiger partial charge on any atom is 0.234 e. The number of hydrogen-bond acceptors (Lipinski definition) is 5. The number of anilines is 1. The van der Waals surface area contributed by atoms with Crippen molar-refractivity contribution in [2.24, 2.45) is 4.99 Å². The maximum absolute atomic E-state index is 13.5. The highest BCUT2D eigenvalue weighted by molar-refractivity contribution is 7.92. The van der Waals surface area contributed by atoms with E-state index in [4.69, 9.17) is 0 Å². The molecule has 0 saturated carbocycles. The topological polar surface area (TPSA) is 113 Å². The Bertz CT molecular complexity index is 912. The second kappa shape index (κ2) is 10.0. The van der Waals surface area contributed by atoms with Crippen molar-refractivity contribution in [2.45, 2.75) is 26.8 Å². The molecule has 1 aromatic heterocycles. The third-order valence-electron chi connectivity index (χ3n) is 3.99. The largest absolute Gasteiger partial charge is 0.355 e. The molecule has 11 heteroatoms. The average Bonchev–Trinajstić information content (AvgIpc) is 3.10. The van der Waals surface area contributed by atoms with Crippen molar-refractivity contribution in [1.29, 1.82) is 0 Å². The molecule has 0 atom stereocenters. The van der Waals surface area contributed by atoms with E-state index in [9.17, 15) is 12.8 Å². The van der Waals surface area contributed by atoms with E-state index in [1.54, 1.807) is 20.3 Å². The highest BCUT2D eigenvalue weighted by Crippen LogP contribution is 2.14. The SMILES string of the molecule is CCc1nncn1CCNC(=NC)NCCS(=O)(=O)Nc1ccc(C)c(F)c1. The first kappa shape index (κ1) is 21.6. The summed E-state index contributed by atoms with van der Waals surface area (Å²) in [4.78, 5) is 4.06. The quantitative estimate of drug-likeness (QED) is 0.417. The van der Waals surface area contributed by atoms with Gasteiger partial charge in [-0.25, -0.2) is 12.8 Å². The molecule has 0 bridgehead atoms. The Balaban J connectivity index is 1.77. The Hall–Kier alpha value is -2.69. The van der Waals surface area contributed by atoms with Crippen molar-refractivity contribution in [3.05, 3.63) is 41.7 Å². The number of guanidine groups is 1. The third kappa shape index (κ3) is 6.48. The molecule has 2 aromatic rings. The molecule has 1 aromatic carbocycles. The summed E-state index contributed by atoms with van der Waals surface area (Å²) in [5.41, 5.74) is 0.656. The van der Waals surface area contributed by atoms with Crippen LogP contribution in [0.4, 0.5) is 10.1 Å². The zero-order chi connectivity index (χ0) is 20.6. The number of hydrogen-bond donors (Lipinski definition) is 3. The molecule has 28 heavy (non-hydrogen) atoms. The molecule has 154 valence electrons. The predicted molar refractivity (Wildman–Crippen MR) is 107 cm³/mol. The van der Waals surface area contributed by atoms with Crippen LogP contribution in [-0.4, -0.2) is 55.0 Å². The first-order valence-electron chi connectivity index (χ1n) is 8.92. The number of nitrogens with zero attached hydrogens (tertiary/aromatic N) is 4. The lowest BCUT2D eigenvalue weighted by atomic mass is 10.2. The third-order valence-corrected chi connectivity index (χ3v) is 5.28. The van der Waals surface area contributed by atoms with Crippen LogP contribution in [0.1, 0.15) is 18.3 Å². The van der Waals surface area contributed by atoms with Gasteiger partial charge in [0.1, 0.15) is 18.0 Å². The van der Waals surface area contributed by atoms with Gasteiger partial charge in [-0.2, -0.15) is 0 Å². The van der Waals surface area contributed by atoms with Crippen molar-refractivity contribution < 1.29 is 12.8 Å². The standard InChI is InChI=1S/C17H26FN7O2S/c1-4-16-23-22-12-25(16)9-7-20-17(19-3)21-8-10-28(26,27)24-14-6-5-13(2)15(18)11-14/h5-6,11-12,24H,4,7-10H2,1-3H3,(H2,19,20,21). The number of rotatable bonds is 9. The van der Waals surface area contributed by atoms with Crippen LogP contribution >= 0.6 is 0 Å². The molecule has 2 rings (SSSR count). The lowest BCUT2D eigenvalue weighted by molar-refractivity contribution is 0.599. The molecule has 0 amide bonds. The second-order valence-corrected chi connectivity index (χ2v) is 7.95. The molecule has 0 spiro atoms. The van der Waals surface area contributed by atoms with E-state index < -0.39 is 15.8 Å². The maximum atomic E-state index is 13.5. The van der Waals surface area contributed by atoms with Gasteiger partial charge in [-0.15, -0.1) is 10.2 Å². The number of sulfonamides is 1. The molecule has 9 nitrogen and oxygen atoms in total. The molecule has 0 aliphatic rings. The van der Waals surface area contributed by atoms with Gasteiger partial charge in [-0.3, -0.25) is 9.71 Å². The highest BCUT2D eigenvalue weighted by atomic mass is 32.2. The Labute approximate surface area is 164 Å². The zero-order valence-electron chi connectivity index (χ0n) is 16.2. The van der Waals surface area contributed by atoms with Gasteiger partial charge in [-0.1, -0.05) is 13.0 Å². The molecule has 0 fully saturated rings. The van der Waals surface area contributed by atoms with Gasteiger partial charge in [0.15, 0.2) is 5.96 Å². The van der Waals surface area contributed by atoms with Gasteiger partial charge in [-0.05, 0) is 24.6 Å². The molecule has 0 aliphatic heterocycles. The fourth-order valence-corrected chi connectivity index (χ4v) is 3.40. The van der Waals surface area contributed by atoms with Crippen LogP contribution in [0.3, 0.4) is 0 Å². The monoisotopic (exact) mass is 411 g/mol. The smallest absolute Gasteiger partial charge is 0.234 e. The Kier molecular flexibility index (Phi) is 7.73. The van der Waals surface area contributed by atoms with Crippen molar-refractivity contribution in [2.75, 3.05) is 30.6 Å². The van der Waals surface area contributed by atoms with Crippen molar-refractivity contribution >= 4 is 21.7 Å². The van der Waals surface area contributed by atoms with Crippen molar-refractivity contribution in [3.63, 3.8) is 0 Å². The number of halogens is 1. The summed E-state index contributed by atoms with van der Waals surface area (Å²) in [6.07, 6.45) is 2.46. The number of aliphatic imine (C=N–C) groups is 1. The molecule has 0 unspecified atom stereocenters. The first-order chi connectivity index (χ1) is 13.3. The van der Waals surface area contributed by atoms with E-state index >= 15 is 0 Å². The van der Waals surface area contributed by atoms with Gasteiger partial charge in [0.2, 0.25) is 10.0 Å². The summed E-state index contributed by atoms with van der Waals surface area (Å²) in [5, 5.41) is 13.9. The normalized spacial score (nSPS) is 12.1. The summed E-state index contributed by atoms with van der Waals surface area (Å²) in [6.45, 7) is 5.01. The van der Waals surface area contributed by atoms with Gasteiger partial charge in [0.25, 0.3) is 0 Å². The van der Waals surface area contributed by atoms with E-state index in [0.717, 1.165) is 18.3 Å². The van der Waals surface area contributed by atoms with Crippen LogP contribution in [0.25, 0.3) is 0 Å². The van der Waals surface area contributed by atoms with Gasteiger partial charge in [0.05, 0.1) is 11.4 Å². The van der Waals surface area contributed by atoms with E-state index in [1.807, 2.05) is 11.5 Å². The zero-order valence-corrected chi connectivity index (χ0v) is 17.1. The minimum Gasteiger partial charge on any atom is -0.355 e. The van der Waals surface area contributed by atoms with Crippen LogP contribution in [0.5, 0.6) is 0 Å². The highest BCUT2D eigenvalue weighted by Gasteiger charge is 2.12. The minimum absolute atomic E-state index is 0.149. The number of benzene rings is 1. The van der Waals surface area contributed by atoms with Crippen LogP contribution < -0.4 is 15.4 Å². The summed E-state index contributed by atoms with van der Waals surface area (Å²) in [7, 11) is -2.01. The van der Waals surface area contributed by atoms with Crippen LogP contribution in [0.15, 0.2) is 29.5 Å². The molecular weight excluding hydrogens is 385 g/mol. The number of aryl methyl sites for hydroxylation is 2. The molecule has 1 heterocycles. The van der Waals surface area contributed by atoms with Gasteiger partial charge in [0, 0.05) is 33.1 Å². The Morgan fingerprint density at radius 3 is 2.71 bits per heavy atom. The lowest BCUT2D eigenvalue weighted by Gasteiger charge is -2.13. The van der Waals surface area contributed by atoms with Crippen LogP contribution in [0.2, 0.25) is 0 Å². The second-order valence-electron chi connectivity index (χ2n) is 6.10. The van der Waals surface area contributed by atoms with Crippen molar-refractivity contribution in [1.82, 2.24) is 25.4 Å². The Morgan fingerprint density at radius 2 is 2.04 bits per heavy atom. The van der Waals surface area contributed by atoms with E-state index in [-0.39, 0.29) is 18.0 Å². The van der Waals surface area contributed by atoms with E-state index in [0.29, 0.717) is 24.6 Å². The van der Waals surface area contributed by atoms with Crippen LogP contribution in [0, 0.1) is 12.7 Å². The van der Waals surface area contributed by atoms with E-state index in [1.165, 1.54) is 12.1 Å². The van der Waals surface area contributed by atoms with E-state index in [2.05, 4.69) is 30.5 Å². The molecular formula is C17H26FN7O2S. The first-order valence-corrected chi connectivity index (χ1v) is 10.6. The summed E-state index contributed by atoms with van der Waals surface area (Å²) in [6, 6.07) is 4.21. The lowest BCUT2D eigenvalue weighted by Crippen LogP contribution is -2.41. The number of aromatic nitrogens is 3. The average molecular weight is 412 g/mol. The van der Waals surface area contributed by atoms with Crippen LogP contribution in [-0.2, 0) is 23.0 Å². The van der Waals surface area contributed by atoms with Crippen molar-refractivity contribution in [3.8, 4) is 0 Å². The summed E-state index contributed by atoms with van der Waals surface area (Å²) in [5.74, 6) is 0.744. The molecule has 0 radical (unpaired) electrons. The fourth-order valence-electron chi connectivity index (χ4n) is 2.45. The van der Waals surface area contributed by atoms with Gasteiger partial charge < -0.3 is 15.2 Å². The minimum atomic E-state index is -3.62. The number of nitrogens with one attached hydrogen (secondary N) is 3.